The zero-order valence-corrected chi connectivity index (χ0v) is 16.4. The number of H-pyrrole nitrogens is 1. The Bertz CT molecular complexity index is 846. The first-order valence-corrected chi connectivity index (χ1v) is 9.78. The number of hydrogen-bond donors (Lipinski definition) is 4. The van der Waals surface area contributed by atoms with Crippen molar-refractivity contribution < 1.29 is 19.8 Å². The van der Waals surface area contributed by atoms with Crippen LogP contribution in [0.1, 0.15) is 6.42 Å². The van der Waals surface area contributed by atoms with Crippen LogP contribution in [0.2, 0.25) is 0 Å². The summed E-state index contributed by atoms with van der Waals surface area (Å²) in [6.07, 6.45) is 4.40. The summed E-state index contributed by atoms with van der Waals surface area (Å²) in [5, 5.41) is 20.3. The molecular formula is C19H24N4O4S. The monoisotopic (exact) mass is 404 g/mol. The first-order chi connectivity index (χ1) is 13.5. The molecule has 1 aromatic heterocycles. The molecule has 0 saturated carbocycles. The highest BCUT2D eigenvalue weighted by Crippen LogP contribution is 2.27. The van der Waals surface area contributed by atoms with Crippen LogP contribution in [0.4, 0.5) is 0 Å². The largest absolute Gasteiger partial charge is 0.478 e. The van der Waals surface area contributed by atoms with Crippen LogP contribution < -0.4 is 5.32 Å². The second kappa shape index (κ2) is 11.0. The molecule has 0 unspecified atom stereocenters. The molecule has 1 aliphatic rings. The number of nitrogens with zero attached hydrogens (tertiary/aromatic N) is 2. The smallest absolute Gasteiger partial charge is 0.328 e. The number of para-hydroxylation sites is 1. The van der Waals surface area contributed by atoms with Crippen LogP contribution in [0.5, 0.6) is 0 Å². The van der Waals surface area contributed by atoms with Crippen LogP contribution >= 0.6 is 11.8 Å². The number of carbonyl (C=O) groups is 2. The van der Waals surface area contributed by atoms with E-state index in [1.54, 1.807) is 0 Å². The molecule has 2 heterocycles. The zero-order valence-electron chi connectivity index (χ0n) is 15.6. The number of aromatic nitrogens is 1. The molecule has 0 amide bonds. The third kappa shape index (κ3) is 6.99. The van der Waals surface area contributed by atoms with E-state index in [4.69, 9.17) is 10.2 Å². The molecule has 0 aliphatic carbocycles. The summed E-state index contributed by atoms with van der Waals surface area (Å²) in [5.41, 5.74) is 1.20. The fourth-order valence-electron chi connectivity index (χ4n) is 2.55. The first-order valence-electron chi connectivity index (χ1n) is 8.79. The lowest BCUT2D eigenvalue weighted by Gasteiger charge is -2.27. The van der Waals surface area contributed by atoms with E-state index < -0.39 is 11.9 Å². The van der Waals surface area contributed by atoms with Crippen molar-refractivity contribution in [1.82, 2.24) is 15.2 Å². The fraction of sp³-hybridized carbons (Fsp3) is 0.316. The normalized spacial score (nSPS) is 15.3. The van der Waals surface area contributed by atoms with Gasteiger partial charge in [-0.3, -0.25) is 4.99 Å². The molecule has 28 heavy (non-hydrogen) atoms. The van der Waals surface area contributed by atoms with Gasteiger partial charge in [-0.15, -0.1) is 11.8 Å². The summed E-state index contributed by atoms with van der Waals surface area (Å²) >= 11 is 1.86. The van der Waals surface area contributed by atoms with Crippen LogP contribution in [0.25, 0.3) is 10.9 Å². The summed E-state index contributed by atoms with van der Waals surface area (Å²) in [6, 6.07) is 8.42. The van der Waals surface area contributed by atoms with E-state index in [9.17, 15) is 9.59 Å². The molecule has 0 bridgehead atoms. The Balaban J connectivity index is 0.000000300. The van der Waals surface area contributed by atoms with Crippen LogP contribution in [0.15, 0.2) is 52.5 Å². The van der Waals surface area contributed by atoms with E-state index in [0.717, 1.165) is 31.3 Å². The second-order valence-electron chi connectivity index (χ2n) is 5.96. The molecule has 0 radical (unpaired) electrons. The third-order valence-electron chi connectivity index (χ3n) is 3.85. The molecule has 9 heteroatoms. The maximum atomic E-state index is 9.55. The number of aliphatic imine (C=N–C) groups is 1. The van der Waals surface area contributed by atoms with Gasteiger partial charge < -0.3 is 25.4 Å². The lowest BCUT2D eigenvalue weighted by molar-refractivity contribution is -0.134. The predicted octanol–water partition coefficient (Wildman–Crippen LogP) is 2.25. The molecule has 4 N–H and O–H groups in total. The number of carboxylic acid groups (broad SMARTS) is 2. The number of rotatable bonds is 6. The molecule has 3 rings (SSSR count). The summed E-state index contributed by atoms with van der Waals surface area (Å²) < 4.78 is 0. The van der Waals surface area contributed by atoms with E-state index >= 15 is 0 Å². The summed E-state index contributed by atoms with van der Waals surface area (Å²) in [4.78, 5) is 30.6. The van der Waals surface area contributed by atoms with Crippen LogP contribution in [0, 0.1) is 0 Å². The highest BCUT2D eigenvalue weighted by molar-refractivity contribution is 7.99. The van der Waals surface area contributed by atoms with Crippen LogP contribution in [0.3, 0.4) is 0 Å². The topological polar surface area (TPSA) is 118 Å². The van der Waals surface area contributed by atoms with Gasteiger partial charge in [-0.2, -0.15) is 0 Å². The van der Waals surface area contributed by atoms with Crippen molar-refractivity contribution in [2.24, 2.45) is 4.99 Å². The minimum Gasteiger partial charge on any atom is -0.478 e. The Morgan fingerprint density at radius 3 is 2.64 bits per heavy atom. The maximum absolute atomic E-state index is 9.55. The van der Waals surface area contributed by atoms with Crippen molar-refractivity contribution in [3.8, 4) is 0 Å². The van der Waals surface area contributed by atoms with Crippen molar-refractivity contribution >= 4 is 40.6 Å². The van der Waals surface area contributed by atoms with Gasteiger partial charge in [0.25, 0.3) is 0 Å². The number of benzene rings is 1. The third-order valence-corrected chi connectivity index (χ3v) is 4.88. The van der Waals surface area contributed by atoms with Crippen LogP contribution in [-0.2, 0) is 9.59 Å². The van der Waals surface area contributed by atoms with Gasteiger partial charge in [0.1, 0.15) is 0 Å². The summed E-state index contributed by atoms with van der Waals surface area (Å²) in [7, 11) is 2.10. The van der Waals surface area contributed by atoms with Crippen molar-refractivity contribution in [1.29, 1.82) is 0 Å². The van der Waals surface area contributed by atoms with Gasteiger partial charge in [-0.05, 0) is 12.5 Å². The molecule has 1 fully saturated rings. The summed E-state index contributed by atoms with van der Waals surface area (Å²) in [5.74, 6) is -0.475. The van der Waals surface area contributed by atoms with Gasteiger partial charge in [0, 0.05) is 60.0 Å². The van der Waals surface area contributed by atoms with Crippen molar-refractivity contribution in [2.45, 2.75) is 11.3 Å². The molecular weight excluding hydrogens is 380 g/mol. The SMILES string of the molecule is CN1CCCNC1=NCCSc1c[nH]c2ccccc12.O=C(O)C=CC(=O)O. The van der Waals surface area contributed by atoms with Gasteiger partial charge >= 0.3 is 11.9 Å². The Morgan fingerprint density at radius 2 is 1.96 bits per heavy atom. The molecule has 150 valence electrons. The lowest BCUT2D eigenvalue weighted by atomic mass is 10.2. The molecule has 1 aliphatic heterocycles. The molecule has 0 spiro atoms. The molecule has 1 aromatic carbocycles. The molecule has 1 saturated heterocycles. The van der Waals surface area contributed by atoms with E-state index in [2.05, 4.69) is 57.7 Å². The van der Waals surface area contributed by atoms with Crippen molar-refractivity contribution in [3.05, 3.63) is 42.6 Å². The van der Waals surface area contributed by atoms with E-state index in [1.165, 1.54) is 22.2 Å². The Hall–Kier alpha value is -2.94. The van der Waals surface area contributed by atoms with Crippen molar-refractivity contribution in [3.63, 3.8) is 0 Å². The zero-order chi connectivity index (χ0) is 20.4. The van der Waals surface area contributed by atoms with Gasteiger partial charge in [-0.25, -0.2) is 9.59 Å². The lowest BCUT2D eigenvalue weighted by Crippen LogP contribution is -2.45. The van der Waals surface area contributed by atoms with Gasteiger partial charge in [-0.1, -0.05) is 18.2 Å². The molecule has 2 aromatic rings. The Labute approximate surface area is 167 Å². The van der Waals surface area contributed by atoms with E-state index in [0.29, 0.717) is 12.2 Å². The summed E-state index contributed by atoms with van der Waals surface area (Å²) in [6.45, 7) is 2.98. The number of carboxylic acids is 2. The standard InChI is InChI=1S/C15H20N4S.C4H4O4/c1-19-9-4-7-16-15(19)17-8-10-20-14-11-18-13-6-3-2-5-12(13)14;5-3(6)1-2-4(7)8/h2-3,5-6,11,18H,4,7-10H2,1H3,(H,16,17);1-2H,(H,5,6)(H,7,8). The van der Waals surface area contributed by atoms with Crippen LogP contribution in [-0.4, -0.2) is 70.4 Å². The minimum absolute atomic E-state index is 0.558. The Morgan fingerprint density at radius 1 is 1.25 bits per heavy atom. The average Bonchev–Trinajstić information content (AvgIpc) is 3.09. The highest BCUT2D eigenvalue weighted by atomic mass is 32.2. The quantitative estimate of drug-likeness (QED) is 0.331. The maximum Gasteiger partial charge on any atom is 0.328 e. The molecule has 8 nitrogen and oxygen atoms in total. The number of aliphatic carboxylic acids is 2. The highest BCUT2D eigenvalue weighted by Gasteiger charge is 2.10. The number of hydrogen-bond acceptors (Lipinski definition) is 4. The number of guanidine groups is 1. The predicted molar refractivity (Wildman–Crippen MR) is 111 cm³/mol. The first kappa shape index (κ1) is 21.4. The number of thioether (sulfide) groups is 1. The van der Waals surface area contributed by atoms with E-state index in [-0.39, 0.29) is 0 Å². The van der Waals surface area contributed by atoms with Gasteiger partial charge in [0.2, 0.25) is 0 Å². The Kier molecular flexibility index (Phi) is 8.41. The van der Waals surface area contributed by atoms with Crippen molar-refractivity contribution in [2.75, 3.05) is 32.4 Å². The second-order valence-corrected chi connectivity index (χ2v) is 7.10. The van der Waals surface area contributed by atoms with Gasteiger partial charge in [0.15, 0.2) is 5.96 Å². The number of fused-ring (bicyclic) bond motifs is 1. The fourth-order valence-corrected chi connectivity index (χ4v) is 3.43. The van der Waals surface area contributed by atoms with E-state index in [1.807, 2.05) is 11.8 Å². The van der Waals surface area contributed by atoms with Gasteiger partial charge in [0.05, 0.1) is 6.54 Å². The number of nitrogens with one attached hydrogen (secondary N) is 2. The average molecular weight is 404 g/mol. The molecule has 0 atom stereocenters. The minimum atomic E-state index is -1.26. The number of aromatic amines is 1.